The Labute approximate surface area is 303 Å². The van der Waals surface area contributed by atoms with Crippen molar-refractivity contribution in [3.63, 3.8) is 0 Å². The minimum absolute atomic E-state index is 0.0285. The van der Waals surface area contributed by atoms with Crippen molar-refractivity contribution in [1.29, 1.82) is 0 Å². The van der Waals surface area contributed by atoms with E-state index in [1.54, 1.807) is 12.3 Å². The van der Waals surface area contributed by atoms with Crippen LogP contribution in [0.25, 0.3) is 10.9 Å². The molecule has 0 radical (unpaired) electrons. The van der Waals surface area contributed by atoms with E-state index in [1.807, 2.05) is 45.9 Å². The van der Waals surface area contributed by atoms with Crippen molar-refractivity contribution in [2.24, 2.45) is 17.6 Å². The van der Waals surface area contributed by atoms with Crippen molar-refractivity contribution in [1.82, 2.24) is 31.6 Å². The summed E-state index contributed by atoms with van der Waals surface area (Å²) in [5, 5.41) is 32.9. The lowest BCUT2D eigenvalue weighted by molar-refractivity contribution is -0.143. The minimum atomic E-state index is -1.71. The maximum atomic E-state index is 13.9. The summed E-state index contributed by atoms with van der Waals surface area (Å²) in [6, 6.07) is -0.592. The zero-order valence-corrected chi connectivity index (χ0v) is 30.5. The third-order valence-electron chi connectivity index (χ3n) is 7.94. The van der Waals surface area contributed by atoms with Crippen LogP contribution in [0, 0.1) is 11.8 Å². The largest absolute Gasteiger partial charge is 0.481 e. The first-order chi connectivity index (χ1) is 24.0. The highest BCUT2D eigenvalue weighted by Gasteiger charge is 2.35. The van der Waals surface area contributed by atoms with Gasteiger partial charge in [0.2, 0.25) is 29.5 Å². The lowest BCUT2D eigenvalue weighted by Crippen LogP contribution is -2.60. The highest BCUT2D eigenvalue weighted by molar-refractivity contribution is 8.76. The summed E-state index contributed by atoms with van der Waals surface area (Å²) in [6.07, 6.45) is 1.08. The molecule has 1 aromatic heterocycles. The van der Waals surface area contributed by atoms with Crippen molar-refractivity contribution in [2.45, 2.75) is 89.6 Å². The molecule has 1 aliphatic heterocycles. The van der Waals surface area contributed by atoms with Crippen LogP contribution in [0.5, 0.6) is 0 Å². The number of carbonyl (C=O) groups is 7. The average Bonchev–Trinajstić information content (AvgIpc) is 3.45. The highest BCUT2D eigenvalue weighted by Crippen LogP contribution is 2.23. The van der Waals surface area contributed by atoms with Crippen molar-refractivity contribution in [3.8, 4) is 0 Å². The molecule has 0 saturated carbocycles. The molecule has 6 unspecified atom stereocenters. The van der Waals surface area contributed by atoms with E-state index in [0.29, 0.717) is 5.56 Å². The van der Waals surface area contributed by atoms with Crippen LogP contribution in [-0.2, 0) is 40.0 Å². The zero-order valence-electron chi connectivity index (χ0n) is 28.9. The van der Waals surface area contributed by atoms with E-state index < -0.39 is 84.1 Å². The van der Waals surface area contributed by atoms with Gasteiger partial charge in [-0.3, -0.25) is 28.8 Å². The van der Waals surface area contributed by atoms with Gasteiger partial charge in [-0.25, -0.2) is 4.79 Å². The number of hydrogen-bond donors (Lipinski definition) is 9. The number of H-pyrrole nitrogens is 1. The Morgan fingerprint density at radius 3 is 1.84 bits per heavy atom. The molecular formula is C33H47N7O9S2. The second-order valence-electron chi connectivity index (χ2n) is 13.2. The lowest BCUT2D eigenvalue weighted by atomic mass is 9.99. The fourth-order valence-corrected chi connectivity index (χ4v) is 7.65. The Hall–Kier alpha value is -4.29. The van der Waals surface area contributed by atoms with E-state index in [9.17, 15) is 43.8 Å². The summed E-state index contributed by atoms with van der Waals surface area (Å²) in [7, 11) is 2.08. The van der Waals surface area contributed by atoms with Crippen molar-refractivity contribution in [2.75, 3.05) is 11.5 Å². The van der Waals surface area contributed by atoms with Crippen LogP contribution < -0.4 is 32.3 Å². The summed E-state index contributed by atoms with van der Waals surface area (Å²) >= 11 is 0. The monoisotopic (exact) mass is 749 g/mol. The Balaban J connectivity index is 2.05. The molecule has 1 aliphatic rings. The minimum Gasteiger partial charge on any atom is -0.481 e. The van der Waals surface area contributed by atoms with Gasteiger partial charge in [0.05, 0.1) is 12.5 Å². The molecule has 280 valence electrons. The molecule has 1 saturated heterocycles. The van der Waals surface area contributed by atoms with Gasteiger partial charge in [-0.15, -0.1) is 0 Å². The van der Waals surface area contributed by atoms with Crippen LogP contribution in [-0.4, -0.2) is 104 Å². The second kappa shape index (κ2) is 19.4. The number of carboxylic acids is 2. The number of carboxylic acid groups (broad SMARTS) is 2. The normalized spacial score (nSPS) is 25.0. The first-order valence-corrected chi connectivity index (χ1v) is 19.1. The number of aliphatic carboxylic acids is 2. The van der Waals surface area contributed by atoms with Gasteiger partial charge in [0.25, 0.3) is 0 Å². The number of nitrogens with one attached hydrogen (secondary N) is 6. The second-order valence-corrected chi connectivity index (χ2v) is 15.8. The van der Waals surface area contributed by atoms with Gasteiger partial charge in [0.15, 0.2) is 0 Å². The number of aromatic nitrogens is 1. The van der Waals surface area contributed by atoms with E-state index >= 15 is 0 Å². The Morgan fingerprint density at radius 2 is 1.25 bits per heavy atom. The number of para-hydroxylation sites is 1. The van der Waals surface area contributed by atoms with Crippen LogP contribution in [0.15, 0.2) is 30.5 Å². The average molecular weight is 750 g/mol. The number of hydrogen-bond acceptors (Lipinski definition) is 10. The molecule has 18 heteroatoms. The Morgan fingerprint density at radius 1 is 0.745 bits per heavy atom. The number of nitrogens with two attached hydrogens (primary N) is 1. The number of rotatable bonds is 9. The molecule has 0 bridgehead atoms. The summed E-state index contributed by atoms with van der Waals surface area (Å²) in [4.78, 5) is 94.7. The van der Waals surface area contributed by atoms with Crippen molar-refractivity contribution in [3.05, 3.63) is 36.0 Å². The molecule has 3 rings (SSSR count). The van der Waals surface area contributed by atoms with E-state index in [0.717, 1.165) is 32.5 Å². The van der Waals surface area contributed by atoms with Gasteiger partial charge in [0.1, 0.15) is 30.2 Å². The van der Waals surface area contributed by atoms with Gasteiger partial charge in [-0.05, 0) is 36.3 Å². The molecule has 0 aliphatic carbocycles. The zero-order chi connectivity index (χ0) is 37.8. The summed E-state index contributed by atoms with van der Waals surface area (Å²) in [5.74, 6) is -7.09. The van der Waals surface area contributed by atoms with E-state index in [-0.39, 0.29) is 42.6 Å². The smallest absolute Gasteiger partial charge is 0.327 e. The third-order valence-corrected chi connectivity index (χ3v) is 10.4. The first-order valence-electron chi connectivity index (χ1n) is 16.6. The standard InChI is InChI=1S/C33H47N7O9S2/c1-16(2)9-22-29(44)37-23(10-17(3)4)30(45)38-24(11-18-13-35-21-8-6-5-7-19(18)21)31(46)39-25(12-27(41)42)32(47)40-26(33(48)49)15-51-50-14-20(34)28(43)36-22/h5-8,13,16-17,20,22-26,35H,9-12,14-15,34H2,1-4H3,(H,36,43)(H,37,44)(H,38,45)(H,39,46)(H,40,47)(H,41,42)(H,48,49). The Kier molecular flexibility index (Phi) is 15.6. The lowest BCUT2D eigenvalue weighted by Gasteiger charge is -2.28. The maximum Gasteiger partial charge on any atom is 0.327 e. The van der Waals surface area contributed by atoms with Gasteiger partial charge >= 0.3 is 11.9 Å². The number of aromatic amines is 1. The maximum absolute atomic E-state index is 13.9. The van der Waals surface area contributed by atoms with E-state index in [1.165, 1.54) is 0 Å². The highest BCUT2D eigenvalue weighted by atomic mass is 33.1. The molecule has 5 amide bonds. The first kappa shape index (κ1) is 41.1. The molecular weight excluding hydrogens is 703 g/mol. The molecule has 6 atom stereocenters. The fourth-order valence-electron chi connectivity index (χ4n) is 5.38. The summed E-state index contributed by atoms with van der Waals surface area (Å²) < 4.78 is 0. The molecule has 16 nitrogen and oxygen atoms in total. The van der Waals surface area contributed by atoms with Gasteiger partial charge in [0, 0.05) is 35.0 Å². The topological polar surface area (TPSA) is 262 Å². The predicted molar refractivity (Wildman–Crippen MR) is 193 cm³/mol. The molecule has 10 N–H and O–H groups in total. The van der Waals surface area contributed by atoms with E-state index in [4.69, 9.17) is 5.73 Å². The van der Waals surface area contributed by atoms with Crippen molar-refractivity contribution < 1.29 is 43.8 Å². The van der Waals surface area contributed by atoms with Crippen LogP contribution in [0.2, 0.25) is 0 Å². The molecule has 1 fully saturated rings. The number of benzene rings is 1. The fraction of sp³-hybridized carbons (Fsp3) is 0.545. The molecule has 2 aromatic rings. The summed E-state index contributed by atoms with van der Waals surface area (Å²) in [6.45, 7) is 7.41. The number of amides is 5. The molecule has 1 aromatic carbocycles. The van der Waals surface area contributed by atoms with Gasteiger partial charge in [-0.2, -0.15) is 0 Å². The van der Waals surface area contributed by atoms with Crippen LogP contribution >= 0.6 is 21.6 Å². The third kappa shape index (κ3) is 12.8. The number of fused-ring (bicyclic) bond motifs is 1. The predicted octanol–water partition coefficient (Wildman–Crippen LogP) is 0.508. The van der Waals surface area contributed by atoms with Gasteiger partial charge < -0.3 is 47.5 Å². The Bertz CT molecular complexity index is 1580. The van der Waals surface area contributed by atoms with E-state index in [2.05, 4.69) is 31.6 Å². The van der Waals surface area contributed by atoms with Crippen LogP contribution in [0.1, 0.15) is 52.5 Å². The van der Waals surface area contributed by atoms with Crippen LogP contribution in [0.4, 0.5) is 0 Å². The van der Waals surface area contributed by atoms with Gasteiger partial charge in [-0.1, -0.05) is 67.5 Å². The van der Waals surface area contributed by atoms with Crippen molar-refractivity contribution >= 4 is 74.0 Å². The van der Waals surface area contributed by atoms with Crippen LogP contribution in [0.3, 0.4) is 0 Å². The number of carbonyl (C=O) groups excluding carboxylic acids is 5. The summed E-state index contributed by atoms with van der Waals surface area (Å²) in [5.41, 5.74) is 7.48. The quantitative estimate of drug-likeness (QED) is 0.159. The molecule has 51 heavy (non-hydrogen) atoms. The molecule has 0 spiro atoms. The SMILES string of the molecule is CC(C)CC1NC(=O)C(N)CSSCC(C(=O)O)NC(=O)C(CC(=O)O)NC(=O)C(Cc2c[nH]c3ccccc23)NC(=O)C(CC(C)C)NC1=O. The molecule has 2 heterocycles.